The molecule has 0 heterocycles. The van der Waals surface area contributed by atoms with Gasteiger partial charge in [-0.05, 0) is 19.8 Å². The smallest absolute Gasteiger partial charge is 0.234 e. The van der Waals surface area contributed by atoms with E-state index >= 15 is 0 Å². The quantitative estimate of drug-likeness (QED) is 0.661. The molecule has 2 unspecified atom stereocenters. The molecule has 0 saturated heterocycles. The van der Waals surface area contributed by atoms with E-state index in [1.165, 1.54) is 0 Å². The summed E-state index contributed by atoms with van der Waals surface area (Å²) in [6, 6.07) is 0.423. The molecule has 0 fully saturated rings. The second-order valence-electron chi connectivity index (χ2n) is 4.34. The van der Waals surface area contributed by atoms with Crippen LogP contribution in [0, 0.1) is 5.92 Å². The Morgan fingerprint density at radius 3 is 2.33 bits per heavy atom. The Labute approximate surface area is 92.8 Å². The highest BCUT2D eigenvalue weighted by atomic mass is 16.5. The summed E-state index contributed by atoms with van der Waals surface area (Å²) in [7, 11) is 1.65. The number of ether oxygens (including phenoxy) is 1. The van der Waals surface area contributed by atoms with Crippen LogP contribution in [0.2, 0.25) is 0 Å². The Morgan fingerprint density at radius 2 is 1.87 bits per heavy atom. The van der Waals surface area contributed by atoms with Crippen LogP contribution >= 0.6 is 0 Å². The van der Waals surface area contributed by atoms with E-state index in [1.807, 2.05) is 13.8 Å². The summed E-state index contributed by atoms with van der Waals surface area (Å²) in [5, 5.41) is 6.03. The zero-order valence-corrected chi connectivity index (χ0v) is 10.5. The fourth-order valence-electron chi connectivity index (χ4n) is 1.05. The maximum atomic E-state index is 11.5. The van der Waals surface area contributed by atoms with Crippen molar-refractivity contribution in [2.24, 2.45) is 5.92 Å². The van der Waals surface area contributed by atoms with Crippen molar-refractivity contribution in [3.05, 3.63) is 0 Å². The third kappa shape index (κ3) is 7.33. The predicted molar refractivity (Wildman–Crippen MR) is 61.8 cm³/mol. The number of methoxy groups -OCH3 is 1. The molecule has 2 atom stereocenters. The van der Waals surface area contributed by atoms with Crippen LogP contribution in [0.4, 0.5) is 0 Å². The zero-order chi connectivity index (χ0) is 11.8. The summed E-state index contributed by atoms with van der Waals surface area (Å²) in [4.78, 5) is 11.5. The maximum absolute atomic E-state index is 11.5. The zero-order valence-electron chi connectivity index (χ0n) is 10.5. The van der Waals surface area contributed by atoms with Gasteiger partial charge in [0.2, 0.25) is 5.91 Å². The van der Waals surface area contributed by atoms with Crippen LogP contribution in [0.25, 0.3) is 0 Å². The van der Waals surface area contributed by atoms with Gasteiger partial charge in [0.1, 0.15) is 0 Å². The van der Waals surface area contributed by atoms with Gasteiger partial charge < -0.3 is 15.4 Å². The van der Waals surface area contributed by atoms with E-state index in [4.69, 9.17) is 4.74 Å². The Hall–Kier alpha value is -0.610. The van der Waals surface area contributed by atoms with Crippen molar-refractivity contribution in [3.8, 4) is 0 Å². The first-order valence-electron chi connectivity index (χ1n) is 5.49. The third-order valence-electron chi connectivity index (χ3n) is 2.42. The molecule has 90 valence electrons. The highest BCUT2D eigenvalue weighted by Crippen LogP contribution is 1.98. The molecule has 4 nitrogen and oxygen atoms in total. The summed E-state index contributed by atoms with van der Waals surface area (Å²) in [6.45, 7) is 9.15. The Morgan fingerprint density at radius 1 is 1.27 bits per heavy atom. The van der Waals surface area contributed by atoms with Crippen LogP contribution in [0.1, 0.15) is 27.7 Å². The van der Waals surface area contributed by atoms with Crippen molar-refractivity contribution in [2.45, 2.75) is 39.8 Å². The number of amides is 1. The van der Waals surface area contributed by atoms with Crippen LogP contribution in [-0.2, 0) is 9.53 Å². The molecule has 0 radical (unpaired) electrons. The molecule has 0 aromatic heterocycles. The largest absolute Gasteiger partial charge is 0.383 e. The number of carbonyl (C=O) groups is 1. The van der Waals surface area contributed by atoms with Crippen molar-refractivity contribution >= 4 is 5.91 Å². The van der Waals surface area contributed by atoms with Crippen LogP contribution in [0.5, 0.6) is 0 Å². The first kappa shape index (κ1) is 14.4. The van der Waals surface area contributed by atoms with Gasteiger partial charge >= 0.3 is 0 Å². The summed E-state index contributed by atoms with van der Waals surface area (Å²) in [5.74, 6) is 0.504. The van der Waals surface area contributed by atoms with Crippen LogP contribution in [0.3, 0.4) is 0 Å². The van der Waals surface area contributed by atoms with E-state index < -0.39 is 0 Å². The highest BCUT2D eigenvalue weighted by molar-refractivity contribution is 5.78. The molecule has 0 aromatic rings. The van der Waals surface area contributed by atoms with E-state index in [2.05, 4.69) is 24.5 Å². The molecule has 0 saturated carbocycles. The van der Waals surface area contributed by atoms with Gasteiger partial charge in [0.15, 0.2) is 0 Å². The van der Waals surface area contributed by atoms with Crippen molar-refractivity contribution in [1.29, 1.82) is 0 Å². The summed E-state index contributed by atoms with van der Waals surface area (Å²) < 4.78 is 4.96. The average molecular weight is 216 g/mol. The topological polar surface area (TPSA) is 50.4 Å². The fourth-order valence-corrected chi connectivity index (χ4v) is 1.05. The number of rotatable bonds is 7. The van der Waals surface area contributed by atoms with Gasteiger partial charge in [0, 0.05) is 19.2 Å². The molecule has 0 spiro atoms. The molecule has 0 aliphatic heterocycles. The molecular weight excluding hydrogens is 192 g/mol. The number of hydrogen-bond acceptors (Lipinski definition) is 3. The third-order valence-corrected chi connectivity index (χ3v) is 2.42. The fraction of sp³-hybridized carbons (Fsp3) is 0.909. The Bertz CT molecular complexity index is 183. The summed E-state index contributed by atoms with van der Waals surface area (Å²) >= 11 is 0. The van der Waals surface area contributed by atoms with Crippen molar-refractivity contribution in [1.82, 2.24) is 10.6 Å². The number of hydrogen-bond donors (Lipinski definition) is 2. The molecular formula is C11H24N2O2. The van der Waals surface area contributed by atoms with Gasteiger partial charge in [-0.25, -0.2) is 0 Å². The van der Waals surface area contributed by atoms with Crippen LogP contribution in [0.15, 0.2) is 0 Å². The summed E-state index contributed by atoms with van der Waals surface area (Å²) in [6.07, 6.45) is 0. The summed E-state index contributed by atoms with van der Waals surface area (Å²) in [5.41, 5.74) is 0. The molecule has 0 aliphatic carbocycles. The normalized spacial score (nSPS) is 15.1. The minimum absolute atomic E-state index is 0.0409. The Kier molecular flexibility index (Phi) is 7.34. The average Bonchev–Trinajstić information content (AvgIpc) is 2.15. The van der Waals surface area contributed by atoms with Crippen molar-refractivity contribution < 1.29 is 9.53 Å². The van der Waals surface area contributed by atoms with Gasteiger partial charge in [-0.1, -0.05) is 13.8 Å². The lowest BCUT2D eigenvalue weighted by Crippen LogP contribution is -2.44. The minimum Gasteiger partial charge on any atom is -0.383 e. The predicted octanol–water partition coefficient (Wildman–Crippen LogP) is 0.772. The second-order valence-corrected chi connectivity index (χ2v) is 4.34. The maximum Gasteiger partial charge on any atom is 0.234 e. The highest BCUT2D eigenvalue weighted by Gasteiger charge is 2.11. The standard InChI is InChI=1S/C11H24N2O2/c1-8(2)10(4)13-11(14)6-12-9(3)7-15-5/h8-10,12H,6-7H2,1-5H3,(H,13,14). The lowest BCUT2D eigenvalue weighted by molar-refractivity contribution is -0.121. The van der Waals surface area contributed by atoms with Gasteiger partial charge in [0.05, 0.1) is 13.2 Å². The first-order valence-corrected chi connectivity index (χ1v) is 5.49. The molecule has 2 N–H and O–H groups in total. The minimum atomic E-state index is 0.0409. The molecule has 1 amide bonds. The van der Waals surface area contributed by atoms with Gasteiger partial charge in [-0.3, -0.25) is 4.79 Å². The molecule has 0 bridgehead atoms. The molecule has 0 aliphatic rings. The Balaban J connectivity index is 3.66. The van der Waals surface area contributed by atoms with Crippen LogP contribution in [-0.4, -0.2) is 38.3 Å². The molecule has 15 heavy (non-hydrogen) atoms. The number of carbonyl (C=O) groups excluding carboxylic acids is 1. The SMILES string of the molecule is COCC(C)NCC(=O)NC(C)C(C)C. The van der Waals surface area contributed by atoms with E-state index in [1.54, 1.807) is 7.11 Å². The van der Waals surface area contributed by atoms with E-state index in [0.29, 0.717) is 19.1 Å². The monoisotopic (exact) mass is 216 g/mol. The van der Waals surface area contributed by atoms with E-state index in [-0.39, 0.29) is 18.0 Å². The lowest BCUT2D eigenvalue weighted by Gasteiger charge is -2.18. The number of nitrogens with one attached hydrogen (secondary N) is 2. The van der Waals surface area contributed by atoms with E-state index in [9.17, 15) is 4.79 Å². The molecule has 0 aromatic carbocycles. The molecule has 4 heteroatoms. The second kappa shape index (κ2) is 7.65. The lowest BCUT2D eigenvalue weighted by atomic mass is 10.1. The van der Waals surface area contributed by atoms with Gasteiger partial charge in [-0.15, -0.1) is 0 Å². The van der Waals surface area contributed by atoms with E-state index in [0.717, 1.165) is 0 Å². The van der Waals surface area contributed by atoms with Crippen LogP contribution < -0.4 is 10.6 Å². The van der Waals surface area contributed by atoms with Crippen molar-refractivity contribution in [2.75, 3.05) is 20.3 Å². The molecule has 0 rings (SSSR count). The van der Waals surface area contributed by atoms with Gasteiger partial charge in [-0.2, -0.15) is 0 Å². The van der Waals surface area contributed by atoms with Gasteiger partial charge in [0.25, 0.3) is 0 Å². The van der Waals surface area contributed by atoms with Crippen molar-refractivity contribution in [3.63, 3.8) is 0 Å². The first-order chi connectivity index (χ1) is 6.97.